The van der Waals surface area contributed by atoms with Crippen LogP contribution in [0.25, 0.3) is 11.4 Å². The van der Waals surface area contributed by atoms with Crippen molar-refractivity contribution in [2.24, 2.45) is 4.99 Å². The van der Waals surface area contributed by atoms with Crippen LogP contribution in [0.1, 0.15) is 37.7 Å². The molecule has 0 amide bonds. The van der Waals surface area contributed by atoms with Gasteiger partial charge in [-0.25, -0.2) is 13.9 Å². The van der Waals surface area contributed by atoms with Crippen molar-refractivity contribution in [3.05, 3.63) is 47.8 Å². The number of para-hydroxylation sites is 1. The molecule has 1 spiro atoms. The number of rotatable bonds is 3. The van der Waals surface area contributed by atoms with Gasteiger partial charge in [0, 0.05) is 17.3 Å². The first-order valence-electron chi connectivity index (χ1n) is 9.52. The number of benzene rings is 2. The summed E-state index contributed by atoms with van der Waals surface area (Å²) in [7, 11) is 0. The van der Waals surface area contributed by atoms with E-state index in [0.29, 0.717) is 17.1 Å². The Kier molecular flexibility index (Phi) is 4.43. The molecule has 1 saturated carbocycles. The fraction of sp³-hybridized carbons (Fsp3) is 0.300. The molecule has 1 aliphatic carbocycles. The van der Waals surface area contributed by atoms with Crippen molar-refractivity contribution in [1.29, 1.82) is 0 Å². The van der Waals surface area contributed by atoms with E-state index in [1.807, 2.05) is 18.2 Å². The molecular formula is C20H18ClFN6O. The predicted molar refractivity (Wildman–Crippen MR) is 108 cm³/mol. The largest absolute Gasteiger partial charge is 0.453 e. The van der Waals surface area contributed by atoms with Crippen LogP contribution in [0.15, 0.2) is 41.4 Å². The number of aromatic nitrogens is 4. The summed E-state index contributed by atoms with van der Waals surface area (Å²) in [4.78, 5) is 4.80. The van der Waals surface area contributed by atoms with Crippen molar-refractivity contribution in [1.82, 2.24) is 20.6 Å². The molecule has 1 aliphatic heterocycles. The molecule has 148 valence electrons. The third-order valence-corrected chi connectivity index (χ3v) is 5.84. The van der Waals surface area contributed by atoms with Crippen molar-refractivity contribution < 1.29 is 9.13 Å². The zero-order valence-corrected chi connectivity index (χ0v) is 16.2. The number of anilines is 1. The number of H-pyrrole nitrogens is 1. The lowest BCUT2D eigenvalue weighted by Crippen LogP contribution is -2.34. The van der Waals surface area contributed by atoms with E-state index in [0.717, 1.165) is 36.9 Å². The molecule has 0 bridgehead atoms. The second kappa shape index (κ2) is 7.11. The Bertz CT molecular complexity index is 1060. The maximum Gasteiger partial charge on any atom is 0.183 e. The van der Waals surface area contributed by atoms with Gasteiger partial charge in [-0.2, -0.15) is 0 Å². The van der Waals surface area contributed by atoms with Crippen LogP contribution in [-0.2, 0) is 5.54 Å². The summed E-state index contributed by atoms with van der Waals surface area (Å²) in [5.41, 5.74) is 1.73. The highest BCUT2D eigenvalue weighted by Gasteiger charge is 2.41. The summed E-state index contributed by atoms with van der Waals surface area (Å²) in [6, 6.07) is 10.2. The number of nitrogens with one attached hydrogen (secondary N) is 1. The normalized spacial score (nSPS) is 17.4. The minimum atomic E-state index is -0.503. The lowest BCUT2D eigenvalue weighted by Gasteiger charge is -2.40. The Morgan fingerprint density at radius 2 is 1.93 bits per heavy atom. The summed E-state index contributed by atoms with van der Waals surface area (Å²) >= 11 is 6.39. The van der Waals surface area contributed by atoms with E-state index < -0.39 is 11.4 Å². The predicted octanol–water partition coefficient (Wildman–Crippen LogP) is 4.96. The second-order valence-corrected chi connectivity index (χ2v) is 7.63. The van der Waals surface area contributed by atoms with Crippen molar-refractivity contribution in [2.45, 2.75) is 37.6 Å². The highest BCUT2D eigenvalue weighted by Crippen LogP contribution is 2.51. The average molecular weight is 413 g/mol. The number of halogens is 2. The molecule has 9 heteroatoms. The Morgan fingerprint density at radius 1 is 1.10 bits per heavy atom. The molecule has 7 nitrogen and oxygen atoms in total. The van der Waals surface area contributed by atoms with Gasteiger partial charge >= 0.3 is 0 Å². The first-order chi connectivity index (χ1) is 14.2. The van der Waals surface area contributed by atoms with Crippen LogP contribution in [0.4, 0.5) is 10.1 Å². The van der Waals surface area contributed by atoms with Crippen LogP contribution in [0, 0.1) is 5.82 Å². The molecule has 5 rings (SSSR count). The van der Waals surface area contributed by atoms with E-state index in [-0.39, 0.29) is 5.75 Å². The Morgan fingerprint density at radius 3 is 2.72 bits per heavy atom. The molecule has 2 aliphatic rings. The monoisotopic (exact) mass is 412 g/mol. The lowest BCUT2D eigenvalue weighted by molar-refractivity contribution is 0.295. The van der Waals surface area contributed by atoms with Crippen LogP contribution < -0.4 is 9.16 Å². The van der Waals surface area contributed by atoms with Crippen LogP contribution in [0.2, 0.25) is 0 Å². The standard InChI is InChI=1S/C20H18ClFN6O/c21-28-12-23-20(10-2-1-3-11-20)17-15(28)8-5-9-16(17)29-18-13(6-4-7-14(18)22)19-24-26-27-25-19/h4-9,12H,1-3,10-11H2,(H,24,25,26,27). The lowest BCUT2D eigenvalue weighted by atomic mass is 9.75. The van der Waals surface area contributed by atoms with E-state index in [1.54, 1.807) is 18.5 Å². The number of aliphatic imine (C=N–C) groups is 1. The Labute approximate surface area is 171 Å². The zero-order chi connectivity index (χ0) is 19.8. The van der Waals surface area contributed by atoms with E-state index in [9.17, 15) is 4.39 Å². The number of hydrogen-bond acceptors (Lipinski definition) is 6. The van der Waals surface area contributed by atoms with Crippen molar-refractivity contribution in [3.8, 4) is 22.9 Å². The Balaban J connectivity index is 1.65. The van der Waals surface area contributed by atoms with Gasteiger partial charge in [-0.05, 0) is 47.5 Å². The molecule has 2 heterocycles. The molecule has 2 aromatic carbocycles. The van der Waals surface area contributed by atoms with Crippen LogP contribution in [-0.4, -0.2) is 27.0 Å². The molecule has 0 unspecified atom stereocenters. The number of tetrazole rings is 1. The number of ether oxygens (including phenoxy) is 1. The number of aromatic amines is 1. The summed E-state index contributed by atoms with van der Waals surface area (Å²) in [5, 5.41) is 13.7. The van der Waals surface area contributed by atoms with Gasteiger partial charge < -0.3 is 4.74 Å². The smallest absolute Gasteiger partial charge is 0.183 e. The van der Waals surface area contributed by atoms with Gasteiger partial charge in [0.05, 0.1) is 16.8 Å². The van der Waals surface area contributed by atoms with Crippen molar-refractivity contribution >= 4 is 23.8 Å². The summed E-state index contributed by atoms with van der Waals surface area (Å²) in [6.45, 7) is 0. The molecule has 0 saturated heterocycles. The van der Waals surface area contributed by atoms with E-state index in [4.69, 9.17) is 21.5 Å². The van der Waals surface area contributed by atoms with Crippen LogP contribution in [0.5, 0.6) is 11.5 Å². The molecule has 1 N–H and O–H groups in total. The zero-order valence-electron chi connectivity index (χ0n) is 15.5. The highest BCUT2D eigenvalue weighted by atomic mass is 35.5. The van der Waals surface area contributed by atoms with Gasteiger partial charge in [0.15, 0.2) is 17.4 Å². The van der Waals surface area contributed by atoms with Gasteiger partial charge in [0.1, 0.15) is 12.1 Å². The molecule has 29 heavy (non-hydrogen) atoms. The summed E-state index contributed by atoms with van der Waals surface area (Å²) in [5.74, 6) is 0.414. The maximum atomic E-state index is 14.8. The first kappa shape index (κ1) is 18.1. The molecular weight excluding hydrogens is 395 g/mol. The third kappa shape index (κ3) is 3.04. The minimum absolute atomic E-state index is 0.0566. The van der Waals surface area contributed by atoms with E-state index in [2.05, 4.69) is 20.6 Å². The van der Waals surface area contributed by atoms with Crippen LogP contribution >= 0.6 is 11.8 Å². The molecule has 0 radical (unpaired) electrons. The van der Waals surface area contributed by atoms with E-state index in [1.165, 1.54) is 16.9 Å². The van der Waals surface area contributed by atoms with Gasteiger partial charge in [-0.1, -0.05) is 31.4 Å². The average Bonchev–Trinajstić information content (AvgIpc) is 3.28. The third-order valence-electron chi connectivity index (χ3n) is 5.57. The fourth-order valence-corrected chi connectivity index (χ4v) is 4.42. The topological polar surface area (TPSA) is 79.3 Å². The first-order valence-corrected chi connectivity index (χ1v) is 9.86. The molecule has 1 aromatic heterocycles. The van der Waals surface area contributed by atoms with Crippen LogP contribution in [0.3, 0.4) is 0 Å². The van der Waals surface area contributed by atoms with Gasteiger partial charge in [-0.15, -0.1) is 5.10 Å². The highest BCUT2D eigenvalue weighted by molar-refractivity contribution is 6.34. The van der Waals surface area contributed by atoms with Gasteiger partial charge in [-0.3, -0.25) is 4.99 Å². The minimum Gasteiger partial charge on any atom is -0.453 e. The quantitative estimate of drug-likeness (QED) is 0.615. The Hall–Kier alpha value is -3.00. The van der Waals surface area contributed by atoms with Crippen molar-refractivity contribution in [3.63, 3.8) is 0 Å². The summed E-state index contributed by atoms with van der Waals surface area (Å²) in [6.07, 6.45) is 6.78. The number of nitrogens with zero attached hydrogens (tertiary/aromatic N) is 5. The number of fused-ring (bicyclic) bond motifs is 2. The second-order valence-electron chi connectivity index (χ2n) is 7.27. The fourth-order valence-electron chi connectivity index (χ4n) is 4.24. The van der Waals surface area contributed by atoms with Gasteiger partial charge in [0.25, 0.3) is 0 Å². The van der Waals surface area contributed by atoms with Crippen molar-refractivity contribution in [2.75, 3.05) is 4.42 Å². The SMILES string of the molecule is Fc1cccc(-c2nnn[nH]2)c1Oc1cccc2c1C1(CCCCC1)N=CN2Cl. The molecule has 3 aromatic rings. The summed E-state index contributed by atoms with van der Waals surface area (Å²) < 4.78 is 22.4. The van der Waals surface area contributed by atoms with E-state index >= 15 is 0 Å². The van der Waals surface area contributed by atoms with Gasteiger partial charge in [0.2, 0.25) is 0 Å². The number of hydrogen-bond donors (Lipinski definition) is 1. The molecule has 0 atom stereocenters. The molecule has 1 fully saturated rings. The maximum absolute atomic E-state index is 14.8.